The summed E-state index contributed by atoms with van der Waals surface area (Å²) >= 11 is 5.56. The maximum Gasteiger partial charge on any atom is 0.115 e. The third-order valence-corrected chi connectivity index (χ3v) is 2.35. The van der Waals surface area contributed by atoms with Gasteiger partial charge in [-0.2, -0.15) is 0 Å². The number of hydrogen-bond donors (Lipinski definition) is 1. The quantitative estimate of drug-likeness (QED) is 0.487. The highest BCUT2D eigenvalue weighted by molar-refractivity contribution is 6.28. The van der Waals surface area contributed by atoms with Gasteiger partial charge in [-0.1, -0.05) is 0 Å². The Labute approximate surface area is 95.6 Å². The third-order valence-electron chi connectivity index (χ3n) is 2.07. The fourth-order valence-corrected chi connectivity index (χ4v) is 1.47. The molecule has 1 aromatic rings. The zero-order valence-electron chi connectivity index (χ0n) is 9.29. The molecule has 0 bridgehead atoms. The molecule has 4 heteroatoms. The van der Waals surface area contributed by atoms with Crippen LogP contribution in [0.1, 0.15) is 5.56 Å². The lowest BCUT2D eigenvalue weighted by Gasteiger charge is -2.15. The number of nitrogens with two attached hydrogens (primary N) is 1. The van der Waals surface area contributed by atoms with E-state index in [1.54, 1.807) is 0 Å². The Kier molecular flexibility index (Phi) is 3.97. The van der Waals surface area contributed by atoms with Crippen molar-refractivity contribution in [3.63, 3.8) is 0 Å². The fraction of sp³-hybridized carbons (Fsp3) is 0.364. The number of rotatable bonds is 3. The molecule has 0 fully saturated rings. The van der Waals surface area contributed by atoms with Crippen molar-refractivity contribution in [1.82, 2.24) is 0 Å². The van der Waals surface area contributed by atoms with E-state index in [0.717, 1.165) is 5.69 Å². The van der Waals surface area contributed by atoms with Crippen LogP contribution in [0, 0.1) is 6.92 Å². The van der Waals surface area contributed by atoms with E-state index in [-0.39, 0.29) is 5.88 Å². The average Bonchev–Trinajstić information content (AvgIpc) is 2.17. The van der Waals surface area contributed by atoms with E-state index in [1.165, 1.54) is 11.3 Å². The van der Waals surface area contributed by atoms with E-state index in [4.69, 9.17) is 17.3 Å². The number of amidine groups is 1. The van der Waals surface area contributed by atoms with Gasteiger partial charge in [0.25, 0.3) is 0 Å². The Bertz CT molecular complexity index is 372. The number of hydrogen-bond acceptors (Lipinski definition) is 2. The molecule has 0 aliphatic carbocycles. The van der Waals surface area contributed by atoms with Gasteiger partial charge >= 0.3 is 0 Å². The van der Waals surface area contributed by atoms with E-state index < -0.39 is 0 Å². The molecule has 1 rings (SSSR count). The number of alkyl halides is 1. The molecule has 0 aliphatic heterocycles. The maximum atomic E-state index is 5.56. The van der Waals surface area contributed by atoms with Crippen molar-refractivity contribution in [3.05, 3.63) is 23.8 Å². The van der Waals surface area contributed by atoms with Crippen molar-refractivity contribution in [2.45, 2.75) is 6.92 Å². The number of nitrogens with zero attached hydrogens (tertiary/aromatic N) is 2. The second-order valence-corrected chi connectivity index (χ2v) is 3.87. The first-order valence-electron chi connectivity index (χ1n) is 4.71. The van der Waals surface area contributed by atoms with Gasteiger partial charge in [-0.15, -0.1) is 11.6 Å². The Morgan fingerprint density at radius 2 is 2.13 bits per heavy atom. The first-order chi connectivity index (χ1) is 7.04. The molecule has 0 heterocycles. The van der Waals surface area contributed by atoms with Gasteiger partial charge in [0, 0.05) is 19.8 Å². The van der Waals surface area contributed by atoms with Crippen LogP contribution in [-0.2, 0) is 0 Å². The fourth-order valence-electron chi connectivity index (χ4n) is 1.41. The zero-order chi connectivity index (χ0) is 11.4. The normalized spacial score (nSPS) is 11.6. The monoisotopic (exact) mass is 225 g/mol. The molecule has 82 valence electrons. The lowest BCUT2D eigenvalue weighted by Crippen LogP contribution is -2.12. The summed E-state index contributed by atoms with van der Waals surface area (Å²) < 4.78 is 0. The summed E-state index contributed by atoms with van der Waals surface area (Å²) in [5.41, 5.74) is 8.75. The second-order valence-electron chi connectivity index (χ2n) is 3.60. The molecule has 3 nitrogen and oxygen atoms in total. The molecular formula is C11H16ClN3. The van der Waals surface area contributed by atoms with Gasteiger partial charge in [-0.3, -0.25) is 0 Å². The van der Waals surface area contributed by atoms with Crippen molar-refractivity contribution >= 4 is 28.8 Å². The summed E-state index contributed by atoms with van der Waals surface area (Å²) in [4.78, 5) is 6.25. The Morgan fingerprint density at radius 1 is 1.47 bits per heavy atom. The van der Waals surface area contributed by atoms with Crippen LogP contribution >= 0.6 is 11.6 Å². The van der Waals surface area contributed by atoms with E-state index in [0.29, 0.717) is 5.84 Å². The minimum absolute atomic E-state index is 0.258. The van der Waals surface area contributed by atoms with Gasteiger partial charge < -0.3 is 10.6 Å². The number of aliphatic imine (C=N–C) groups is 1. The molecule has 0 amide bonds. The highest BCUT2D eigenvalue weighted by Gasteiger charge is 2.01. The molecule has 1 aromatic carbocycles. The minimum Gasteiger partial charge on any atom is -0.386 e. The van der Waals surface area contributed by atoms with Crippen molar-refractivity contribution in [1.29, 1.82) is 0 Å². The van der Waals surface area contributed by atoms with Crippen LogP contribution in [0.5, 0.6) is 0 Å². The summed E-state index contributed by atoms with van der Waals surface area (Å²) in [6, 6.07) is 5.95. The smallest absolute Gasteiger partial charge is 0.115 e. The van der Waals surface area contributed by atoms with Crippen molar-refractivity contribution in [3.8, 4) is 0 Å². The van der Waals surface area contributed by atoms with E-state index in [1.807, 2.05) is 39.2 Å². The molecule has 0 saturated carbocycles. The molecule has 0 aliphatic rings. The maximum absolute atomic E-state index is 5.56. The van der Waals surface area contributed by atoms with Crippen LogP contribution < -0.4 is 10.6 Å². The van der Waals surface area contributed by atoms with Crippen LogP contribution in [0.4, 0.5) is 11.4 Å². The minimum atomic E-state index is 0.258. The molecule has 0 unspecified atom stereocenters. The third kappa shape index (κ3) is 3.13. The molecule has 0 spiro atoms. The molecular weight excluding hydrogens is 210 g/mol. The van der Waals surface area contributed by atoms with E-state index >= 15 is 0 Å². The van der Waals surface area contributed by atoms with Crippen LogP contribution in [0.3, 0.4) is 0 Å². The lowest BCUT2D eigenvalue weighted by molar-refractivity contribution is 1.11. The highest BCUT2D eigenvalue weighted by atomic mass is 35.5. The van der Waals surface area contributed by atoms with Crippen molar-refractivity contribution in [2.75, 3.05) is 24.9 Å². The summed E-state index contributed by atoms with van der Waals surface area (Å²) in [5, 5.41) is 0. The van der Waals surface area contributed by atoms with Crippen molar-refractivity contribution < 1.29 is 0 Å². The standard InChI is InChI=1S/C11H16ClN3/c1-8-6-9(14-11(13)7-12)4-5-10(8)15(2)3/h4-6H,7H2,1-3H3,(H2,13,14). The molecule has 0 saturated heterocycles. The Balaban J connectivity index is 3.02. The average molecular weight is 226 g/mol. The van der Waals surface area contributed by atoms with E-state index in [9.17, 15) is 0 Å². The van der Waals surface area contributed by atoms with E-state index in [2.05, 4.69) is 9.89 Å². The van der Waals surface area contributed by atoms with Crippen LogP contribution in [0.25, 0.3) is 0 Å². The van der Waals surface area contributed by atoms with Gasteiger partial charge in [-0.25, -0.2) is 4.99 Å². The molecule has 0 atom stereocenters. The van der Waals surface area contributed by atoms with Gasteiger partial charge in [0.05, 0.1) is 11.6 Å². The highest BCUT2D eigenvalue weighted by Crippen LogP contribution is 2.23. The van der Waals surface area contributed by atoms with Gasteiger partial charge in [0.1, 0.15) is 5.84 Å². The largest absolute Gasteiger partial charge is 0.386 e. The number of benzene rings is 1. The predicted octanol–water partition coefficient (Wildman–Crippen LogP) is 2.29. The number of halogens is 1. The summed E-state index contributed by atoms with van der Waals surface area (Å²) in [5.74, 6) is 0.697. The SMILES string of the molecule is Cc1cc(N=C(N)CCl)ccc1N(C)C. The van der Waals surface area contributed by atoms with Gasteiger partial charge in [0.15, 0.2) is 0 Å². The zero-order valence-corrected chi connectivity index (χ0v) is 10.0. The van der Waals surface area contributed by atoms with Crippen molar-refractivity contribution in [2.24, 2.45) is 10.7 Å². The summed E-state index contributed by atoms with van der Waals surface area (Å²) in [6.45, 7) is 2.05. The van der Waals surface area contributed by atoms with Gasteiger partial charge in [-0.05, 0) is 30.7 Å². The Morgan fingerprint density at radius 3 is 2.60 bits per heavy atom. The first-order valence-corrected chi connectivity index (χ1v) is 5.25. The van der Waals surface area contributed by atoms with Gasteiger partial charge in [0.2, 0.25) is 0 Å². The molecule has 2 N–H and O–H groups in total. The topological polar surface area (TPSA) is 41.6 Å². The predicted molar refractivity (Wildman–Crippen MR) is 67.5 cm³/mol. The first kappa shape index (κ1) is 11.9. The second kappa shape index (κ2) is 5.03. The molecule has 0 aromatic heterocycles. The summed E-state index contributed by atoms with van der Waals surface area (Å²) in [6.07, 6.45) is 0. The molecule has 0 radical (unpaired) electrons. The number of anilines is 1. The van der Waals surface area contributed by atoms with Crippen LogP contribution in [0.15, 0.2) is 23.2 Å². The number of aryl methyl sites for hydroxylation is 1. The van der Waals surface area contributed by atoms with Crippen LogP contribution in [0.2, 0.25) is 0 Å². The van der Waals surface area contributed by atoms with Crippen LogP contribution in [-0.4, -0.2) is 25.8 Å². The Hall–Kier alpha value is -1.22. The summed E-state index contributed by atoms with van der Waals surface area (Å²) in [7, 11) is 4.02. The molecule has 15 heavy (non-hydrogen) atoms. The lowest BCUT2D eigenvalue weighted by atomic mass is 10.1.